The summed E-state index contributed by atoms with van der Waals surface area (Å²) >= 11 is 0. The fourth-order valence-corrected chi connectivity index (χ4v) is 3.67. The van der Waals surface area contributed by atoms with Gasteiger partial charge in [0.15, 0.2) is 0 Å². The van der Waals surface area contributed by atoms with Crippen LogP contribution in [0.1, 0.15) is 44.0 Å². The topological polar surface area (TPSA) is 78.7 Å². The van der Waals surface area contributed by atoms with E-state index in [-0.39, 0.29) is 17.0 Å². The van der Waals surface area contributed by atoms with Crippen molar-refractivity contribution in [1.82, 2.24) is 10.2 Å². The quantitative estimate of drug-likeness (QED) is 0.584. The average molecular weight is 377 g/mol. The summed E-state index contributed by atoms with van der Waals surface area (Å²) in [7, 11) is 4.00. The molecule has 1 aromatic rings. The van der Waals surface area contributed by atoms with Gasteiger partial charge in [-0.25, -0.2) is 0 Å². The van der Waals surface area contributed by atoms with E-state index in [0.29, 0.717) is 18.0 Å². The van der Waals surface area contributed by atoms with Crippen LogP contribution in [0.4, 0.5) is 11.4 Å². The summed E-state index contributed by atoms with van der Waals surface area (Å²) in [4.78, 5) is 27.9. The molecule has 0 unspecified atom stereocenters. The van der Waals surface area contributed by atoms with Gasteiger partial charge in [0, 0.05) is 38.3 Å². The molecule has 7 heteroatoms. The van der Waals surface area contributed by atoms with Gasteiger partial charge in [-0.3, -0.25) is 14.9 Å². The van der Waals surface area contributed by atoms with Crippen LogP contribution in [-0.2, 0) is 0 Å². The number of rotatable bonds is 7. The molecule has 27 heavy (non-hydrogen) atoms. The number of nitro benzene ring substituents is 1. The van der Waals surface area contributed by atoms with E-state index in [9.17, 15) is 14.9 Å². The number of non-ortho nitro benzene ring substituents is 1. The maximum absolute atomic E-state index is 12.9. The van der Waals surface area contributed by atoms with Gasteiger partial charge < -0.3 is 15.1 Å². The summed E-state index contributed by atoms with van der Waals surface area (Å²) in [5.41, 5.74) is 1.03. The lowest BCUT2D eigenvalue weighted by Crippen LogP contribution is -2.40. The van der Waals surface area contributed by atoms with Crippen molar-refractivity contribution < 1.29 is 9.72 Å². The van der Waals surface area contributed by atoms with Gasteiger partial charge in [-0.15, -0.1) is 0 Å². The molecule has 1 N–H and O–H groups in total. The van der Waals surface area contributed by atoms with Crippen LogP contribution >= 0.6 is 0 Å². The Balaban J connectivity index is 2.22. The Morgan fingerprint density at radius 1 is 1.33 bits per heavy atom. The van der Waals surface area contributed by atoms with Crippen LogP contribution in [0.25, 0.3) is 0 Å². The van der Waals surface area contributed by atoms with Gasteiger partial charge in [-0.05, 0) is 44.3 Å². The van der Waals surface area contributed by atoms with Crippen LogP contribution in [0.5, 0.6) is 0 Å². The number of anilines is 1. The highest BCUT2D eigenvalue weighted by molar-refractivity contribution is 6.00. The van der Waals surface area contributed by atoms with E-state index in [1.54, 1.807) is 6.07 Å². The molecule has 1 amide bonds. The van der Waals surface area contributed by atoms with Crippen molar-refractivity contribution in [3.8, 4) is 0 Å². The molecule has 0 aliphatic carbocycles. The maximum Gasteiger partial charge on any atom is 0.270 e. The zero-order chi connectivity index (χ0) is 20.2. The number of piperidine rings is 1. The normalized spacial score (nSPS) is 15.9. The molecule has 0 radical (unpaired) electrons. The number of carbonyl (C=O) groups is 1. The molecule has 1 heterocycles. The van der Waals surface area contributed by atoms with Gasteiger partial charge in [0.05, 0.1) is 16.2 Å². The van der Waals surface area contributed by atoms with Gasteiger partial charge in [-0.2, -0.15) is 0 Å². The van der Waals surface area contributed by atoms with E-state index in [1.165, 1.54) is 12.1 Å². The minimum atomic E-state index is -0.450. The maximum atomic E-state index is 12.9. The Morgan fingerprint density at radius 3 is 2.52 bits per heavy atom. The molecule has 0 spiro atoms. The first kappa shape index (κ1) is 21.2. The van der Waals surface area contributed by atoms with Crippen LogP contribution < -0.4 is 10.2 Å². The fraction of sp³-hybridized carbons (Fsp3) is 0.650. The standard InChI is InChI=1S/C20H32N4O3/c1-15-8-10-23(11-9-15)18-7-6-16(24(26)27)12-17(18)19(25)21-13-20(2,3)14-22(4)5/h6-7,12,15H,8-11,13-14H2,1-5H3,(H,21,25). The third-order valence-corrected chi connectivity index (χ3v) is 5.03. The number of nitro groups is 1. The number of amides is 1. The number of carbonyl (C=O) groups excluding carboxylic acids is 1. The van der Waals surface area contributed by atoms with Crippen LogP contribution in [0.2, 0.25) is 0 Å². The minimum Gasteiger partial charge on any atom is -0.371 e. The third-order valence-electron chi connectivity index (χ3n) is 5.03. The van der Waals surface area contributed by atoms with Gasteiger partial charge in [0.1, 0.15) is 0 Å². The van der Waals surface area contributed by atoms with Gasteiger partial charge in [0.25, 0.3) is 11.6 Å². The second-order valence-corrected chi connectivity index (χ2v) is 8.71. The Labute approximate surface area is 161 Å². The van der Waals surface area contributed by atoms with E-state index in [4.69, 9.17) is 0 Å². The molecule has 1 aliphatic heterocycles. The van der Waals surface area contributed by atoms with Crippen LogP contribution in [-0.4, -0.2) is 56.0 Å². The van der Waals surface area contributed by atoms with Crippen molar-refractivity contribution in [2.45, 2.75) is 33.6 Å². The summed E-state index contributed by atoms with van der Waals surface area (Å²) in [6.45, 7) is 9.48. The Morgan fingerprint density at radius 2 is 1.96 bits per heavy atom. The van der Waals surface area contributed by atoms with Gasteiger partial charge in [0.2, 0.25) is 0 Å². The smallest absolute Gasteiger partial charge is 0.270 e. The highest BCUT2D eigenvalue weighted by atomic mass is 16.6. The monoisotopic (exact) mass is 376 g/mol. The Bertz CT molecular complexity index is 680. The number of hydrogen-bond donors (Lipinski definition) is 1. The summed E-state index contributed by atoms with van der Waals surface area (Å²) in [5, 5.41) is 14.2. The highest BCUT2D eigenvalue weighted by Crippen LogP contribution is 2.29. The predicted molar refractivity (Wildman–Crippen MR) is 108 cm³/mol. The molecule has 7 nitrogen and oxygen atoms in total. The molecule has 1 aliphatic rings. The summed E-state index contributed by atoms with van der Waals surface area (Å²) in [5.74, 6) is 0.419. The number of nitrogens with zero attached hydrogens (tertiary/aromatic N) is 3. The largest absolute Gasteiger partial charge is 0.371 e. The van der Waals surface area contributed by atoms with Crippen LogP contribution in [0.15, 0.2) is 18.2 Å². The van der Waals surface area contributed by atoms with Crippen molar-refractivity contribution in [3.05, 3.63) is 33.9 Å². The number of hydrogen-bond acceptors (Lipinski definition) is 5. The second-order valence-electron chi connectivity index (χ2n) is 8.71. The molecule has 2 rings (SSSR count). The van der Waals surface area contributed by atoms with E-state index >= 15 is 0 Å². The predicted octanol–water partition coefficient (Wildman–Crippen LogP) is 3.15. The minimum absolute atomic E-state index is 0.0539. The number of nitrogens with one attached hydrogen (secondary N) is 1. The SMILES string of the molecule is CC1CCN(c2ccc([N+](=O)[O-])cc2C(=O)NCC(C)(C)CN(C)C)CC1. The van der Waals surface area contributed by atoms with E-state index in [1.807, 2.05) is 14.1 Å². The summed E-state index contributed by atoms with van der Waals surface area (Å²) in [6, 6.07) is 4.61. The van der Waals surface area contributed by atoms with Crippen LogP contribution in [0.3, 0.4) is 0 Å². The van der Waals surface area contributed by atoms with Crippen molar-refractivity contribution >= 4 is 17.3 Å². The molecular formula is C20H32N4O3. The first-order chi connectivity index (χ1) is 12.6. The van der Waals surface area contributed by atoms with E-state index < -0.39 is 4.92 Å². The Hall–Kier alpha value is -2.15. The zero-order valence-corrected chi connectivity index (χ0v) is 17.1. The van der Waals surface area contributed by atoms with Crippen molar-refractivity contribution in [2.75, 3.05) is 45.2 Å². The number of benzene rings is 1. The Kier molecular flexibility index (Phi) is 6.81. The van der Waals surface area contributed by atoms with Gasteiger partial charge in [-0.1, -0.05) is 20.8 Å². The molecule has 0 saturated carbocycles. The molecule has 0 atom stereocenters. The molecular weight excluding hydrogens is 344 g/mol. The fourth-order valence-electron chi connectivity index (χ4n) is 3.67. The van der Waals surface area contributed by atoms with Gasteiger partial charge >= 0.3 is 0 Å². The second kappa shape index (κ2) is 8.69. The molecule has 0 bridgehead atoms. The molecule has 1 aromatic carbocycles. The lowest BCUT2D eigenvalue weighted by atomic mass is 9.92. The lowest BCUT2D eigenvalue weighted by Gasteiger charge is -2.33. The van der Waals surface area contributed by atoms with Crippen LogP contribution in [0, 0.1) is 21.4 Å². The van der Waals surface area contributed by atoms with Crippen molar-refractivity contribution in [3.63, 3.8) is 0 Å². The molecule has 1 saturated heterocycles. The van der Waals surface area contributed by atoms with E-state index in [0.717, 1.165) is 38.2 Å². The molecule has 150 valence electrons. The molecule has 1 fully saturated rings. The lowest BCUT2D eigenvalue weighted by molar-refractivity contribution is -0.384. The first-order valence-corrected chi connectivity index (χ1v) is 9.55. The molecule has 0 aromatic heterocycles. The van der Waals surface area contributed by atoms with E-state index in [2.05, 4.69) is 35.9 Å². The average Bonchev–Trinajstić information content (AvgIpc) is 2.59. The first-order valence-electron chi connectivity index (χ1n) is 9.55. The third kappa shape index (κ3) is 5.92. The van der Waals surface area contributed by atoms with Crippen molar-refractivity contribution in [1.29, 1.82) is 0 Å². The van der Waals surface area contributed by atoms with Crippen molar-refractivity contribution in [2.24, 2.45) is 11.3 Å². The summed E-state index contributed by atoms with van der Waals surface area (Å²) in [6.07, 6.45) is 2.13. The zero-order valence-electron chi connectivity index (χ0n) is 17.1. The summed E-state index contributed by atoms with van der Waals surface area (Å²) < 4.78 is 0. The highest BCUT2D eigenvalue weighted by Gasteiger charge is 2.25.